The van der Waals surface area contributed by atoms with Gasteiger partial charge in [0, 0.05) is 29.3 Å². The van der Waals surface area contributed by atoms with Crippen LogP contribution in [0.4, 0.5) is 0 Å². The largest absolute Gasteiger partial charge is 0.504 e. The highest BCUT2D eigenvalue weighted by Gasteiger charge is 2.43. The summed E-state index contributed by atoms with van der Waals surface area (Å²) >= 11 is 0. The van der Waals surface area contributed by atoms with Crippen LogP contribution in [0.1, 0.15) is 52.0 Å². The number of benzene rings is 1. The predicted octanol–water partition coefficient (Wildman–Crippen LogP) is 3.58. The van der Waals surface area contributed by atoms with Crippen LogP contribution < -0.4 is 14.8 Å². The van der Waals surface area contributed by atoms with Gasteiger partial charge in [-0.25, -0.2) is 4.79 Å². The minimum Gasteiger partial charge on any atom is -0.504 e. The lowest BCUT2D eigenvalue weighted by Crippen LogP contribution is -2.38. The molecule has 162 valence electrons. The molecule has 0 radical (unpaired) electrons. The van der Waals surface area contributed by atoms with Crippen molar-refractivity contribution in [3.63, 3.8) is 0 Å². The minimum atomic E-state index is -0.672. The molecule has 0 saturated heterocycles. The summed E-state index contributed by atoms with van der Waals surface area (Å²) in [6, 6.07) is 3.21. The van der Waals surface area contributed by atoms with Crippen molar-refractivity contribution < 1.29 is 28.9 Å². The molecule has 1 aliphatic carbocycles. The van der Waals surface area contributed by atoms with Gasteiger partial charge >= 0.3 is 5.97 Å². The van der Waals surface area contributed by atoms with Crippen molar-refractivity contribution in [3.05, 3.63) is 40.2 Å². The topological polar surface area (TPSA) is 94.1 Å². The van der Waals surface area contributed by atoms with Gasteiger partial charge in [-0.2, -0.15) is 0 Å². The van der Waals surface area contributed by atoms with Gasteiger partial charge in [0.05, 0.1) is 26.4 Å². The third-order valence-electron chi connectivity index (χ3n) is 5.55. The molecule has 3 rings (SSSR count). The summed E-state index contributed by atoms with van der Waals surface area (Å²) < 4.78 is 15.9. The van der Waals surface area contributed by atoms with E-state index in [1.807, 2.05) is 13.8 Å². The number of carbonyl (C=O) groups excluding carboxylic acids is 2. The Bertz CT molecular complexity index is 957. The Morgan fingerprint density at radius 2 is 1.93 bits per heavy atom. The third kappa shape index (κ3) is 3.76. The van der Waals surface area contributed by atoms with Crippen molar-refractivity contribution >= 4 is 11.8 Å². The average Bonchev–Trinajstić information content (AvgIpc) is 2.65. The maximum absolute atomic E-state index is 13.2. The predicted molar refractivity (Wildman–Crippen MR) is 111 cm³/mol. The Hall–Kier alpha value is -2.96. The first-order valence-corrected chi connectivity index (χ1v) is 9.99. The standard InChI is InChI=1S/C23H29NO6/c1-7-30-22(27)18-12(2)24-14-10-23(3,4)11-16(26)20(14)19(18)13-8-15(25)21(29-6)17(9-13)28-5/h8-9,19,24-25H,7,10-11H2,1-6H3. The second-order valence-electron chi connectivity index (χ2n) is 8.43. The number of dihydropyridines is 1. The number of hydrogen-bond acceptors (Lipinski definition) is 7. The summed E-state index contributed by atoms with van der Waals surface area (Å²) in [6.45, 7) is 7.85. The second kappa shape index (κ2) is 8.05. The van der Waals surface area contributed by atoms with Crippen LogP contribution in [0, 0.1) is 5.41 Å². The highest BCUT2D eigenvalue weighted by Crippen LogP contribution is 2.49. The molecular weight excluding hydrogens is 386 g/mol. The zero-order chi connectivity index (χ0) is 22.2. The number of ether oxygens (including phenoxy) is 3. The first kappa shape index (κ1) is 21.7. The summed E-state index contributed by atoms with van der Waals surface area (Å²) in [5.41, 5.74) is 2.71. The molecule has 2 N–H and O–H groups in total. The van der Waals surface area contributed by atoms with Gasteiger partial charge < -0.3 is 24.6 Å². The van der Waals surface area contributed by atoms with E-state index in [2.05, 4.69) is 5.32 Å². The van der Waals surface area contributed by atoms with Gasteiger partial charge in [-0.15, -0.1) is 0 Å². The molecular formula is C23H29NO6. The van der Waals surface area contributed by atoms with E-state index in [4.69, 9.17) is 14.2 Å². The van der Waals surface area contributed by atoms with Gasteiger partial charge in [-0.05, 0) is 43.4 Å². The van der Waals surface area contributed by atoms with Crippen LogP contribution in [0.2, 0.25) is 0 Å². The lowest BCUT2D eigenvalue weighted by molar-refractivity contribution is -0.138. The molecule has 30 heavy (non-hydrogen) atoms. The fraction of sp³-hybridized carbons (Fsp3) is 0.478. The molecule has 1 aromatic rings. The molecule has 7 nitrogen and oxygen atoms in total. The Balaban J connectivity index is 2.25. The van der Waals surface area contributed by atoms with E-state index in [0.717, 1.165) is 5.70 Å². The monoisotopic (exact) mass is 415 g/mol. The number of hydrogen-bond donors (Lipinski definition) is 2. The van der Waals surface area contributed by atoms with Crippen molar-refractivity contribution in [1.82, 2.24) is 5.32 Å². The van der Waals surface area contributed by atoms with Gasteiger partial charge in [-0.1, -0.05) is 13.8 Å². The molecule has 7 heteroatoms. The molecule has 2 aliphatic rings. The van der Waals surface area contributed by atoms with E-state index in [1.54, 1.807) is 19.9 Å². The Kier molecular flexibility index (Phi) is 5.83. The van der Waals surface area contributed by atoms with E-state index < -0.39 is 11.9 Å². The van der Waals surface area contributed by atoms with Crippen LogP contribution in [0.3, 0.4) is 0 Å². The second-order valence-corrected chi connectivity index (χ2v) is 8.43. The first-order chi connectivity index (χ1) is 14.1. The maximum atomic E-state index is 13.2. The van der Waals surface area contributed by atoms with Crippen LogP contribution in [-0.2, 0) is 14.3 Å². The minimum absolute atomic E-state index is 0.0256. The number of Topliss-reactive ketones (excluding diaryl/α,β-unsaturated/α-hetero) is 1. The maximum Gasteiger partial charge on any atom is 0.336 e. The number of phenolic OH excluding ortho intramolecular Hbond substituents is 1. The van der Waals surface area contributed by atoms with Crippen LogP contribution in [0.15, 0.2) is 34.7 Å². The number of allylic oxidation sites excluding steroid dienone is 3. The van der Waals surface area contributed by atoms with Crippen LogP contribution in [0.25, 0.3) is 0 Å². The number of aromatic hydroxyl groups is 1. The molecule has 1 heterocycles. The number of methoxy groups -OCH3 is 2. The summed E-state index contributed by atoms with van der Waals surface area (Å²) in [7, 11) is 2.90. The van der Waals surface area contributed by atoms with Gasteiger partial charge in [0.25, 0.3) is 0 Å². The molecule has 0 bridgehead atoms. The Labute approximate surface area is 176 Å². The van der Waals surface area contributed by atoms with Crippen LogP contribution >= 0.6 is 0 Å². The van der Waals surface area contributed by atoms with E-state index in [0.29, 0.717) is 41.0 Å². The molecule has 0 spiro atoms. The number of rotatable bonds is 5. The fourth-order valence-corrected chi connectivity index (χ4v) is 4.38. The fourth-order valence-electron chi connectivity index (χ4n) is 4.38. The van der Waals surface area contributed by atoms with Crippen molar-refractivity contribution in [2.75, 3.05) is 20.8 Å². The van der Waals surface area contributed by atoms with E-state index in [9.17, 15) is 14.7 Å². The number of nitrogens with one attached hydrogen (secondary N) is 1. The zero-order valence-corrected chi connectivity index (χ0v) is 18.3. The van der Waals surface area contributed by atoms with Crippen molar-refractivity contribution in [3.8, 4) is 17.2 Å². The molecule has 0 amide bonds. The summed E-state index contributed by atoms with van der Waals surface area (Å²) in [5.74, 6) is -0.809. The normalized spacial score (nSPS) is 20.5. The Morgan fingerprint density at radius 3 is 2.53 bits per heavy atom. The first-order valence-electron chi connectivity index (χ1n) is 9.99. The highest BCUT2D eigenvalue weighted by molar-refractivity contribution is 6.04. The molecule has 0 fully saturated rings. The van der Waals surface area contributed by atoms with E-state index in [-0.39, 0.29) is 29.3 Å². The van der Waals surface area contributed by atoms with Crippen LogP contribution in [0.5, 0.6) is 17.2 Å². The number of phenols is 1. The SMILES string of the molecule is CCOC(=O)C1=C(C)NC2=C(C(=O)CC(C)(C)C2)C1c1cc(O)c(OC)c(OC)c1. The molecule has 1 aliphatic heterocycles. The van der Waals surface area contributed by atoms with Crippen molar-refractivity contribution in [2.24, 2.45) is 5.41 Å². The number of esters is 1. The quantitative estimate of drug-likeness (QED) is 0.710. The molecule has 0 aromatic heterocycles. The third-order valence-corrected chi connectivity index (χ3v) is 5.55. The smallest absolute Gasteiger partial charge is 0.336 e. The van der Waals surface area contributed by atoms with E-state index in [1.165, 1.54) is 20.3 Å². The summed E-state index contributed by atoms with van der Waals surface area (Å²) in [6.07, 6.45) is 1.05. The Morgan fingerprint density at radius 1 is 1.23 bits per heavy atom. The number of carbonyl (C=O) groups is 2. The van der Waals surface area contributed by atoms with Crippen molar-refractivity contribution in [1.29, 1.82) is 0 Å². The van der Waals surface area contributed by atoms with Gasteiger partial charge in [0.2, 0.25) is 5.75 Å². The van der Waals surface area contributed by atoms with Gasteiger partial charge in [0.15, 0.2) is 17.3 Å². The molecule has 1 atom stereocenters. The van der Waals surface area contributed by atoms with Gasteiger partial charge in [0.1, 0.15) is 0 Å². The zero-order valence-electron chi connectivity index (χ0n) is 18.3. The highest BCUT2D eigenvalue weighted by atomic mass is 16.5. The lowest BCUT2D eigenvalue weighted by atomic mass is 9.68. The summed E-state index contributed by atoms with van der Waals surface area (Å²) in [4.78, 5) is 26.1. The lowest BCUT2D eigenvalue weighted by Gasteiger charge is -2.39. The molecule has 1 unspecified atom stereocenters. The number of ketones is 1. The van der Waals surface area contributed by atoms with Gasteiger partial charge in [-0.3, -0.25) is 4.79 Å². The van der Waals surface area contributed by atoms with E-state index >= 15 is 0 Å². The summed E-state index contributed by atoms with van der Waals surface area (Å²) in [5, 5.41) is 13.8. The molecule has 0 saturated carbocycles. The average molecular weight is 415 g/mol. The van der Waals surface area contributed by atoms with Crippen molar-refractivity contribution in [2.45, 2.75) is 46.5 Å². The molecule has 1 aromatic carbocycles. The van der Waals surface area contributed by atoms with Crippen LogP contribution in [-0.4, -0.2) is 37.7 Å².